The number of hydrogen-bond acceptors (Lipinski definition) is 5. The zero-order valence-electron chi connectivity index (χ0n) is 10.7. The molecule has 1 heterocycles. The minimum atomic E-state index is -3.64. The van der Waals surface area contributed by atoms with Crippen LogP contribution in [0.1, 0.15) is 10.5 Å². The van der Waals surface area contributed by atoms with E-state index in [1.54, 1.807) is 24.3 Å². The van der Waals surface area contributed by atoms with Gasteiger partial charge in [0, 0.05) is 6.26 Å². The molecule has 1 aromatic heterocycles. The van der Waals surface area contributed by atoms with Crippen LogP contribution in [0.5, 0.6) is 0 Å². The topological polar surface area (TPSA) is 89.0 Å². The van der Waals surface area contributed by atoms with Gasteiger partial charge in [-0.25, -0.2) is 18.4 Å². The average molecular weight is 346 g/mol. The fraction of sp³-hybridized carbons (Fsp3) is 0.0833. The number of halogens is 2. The number of benzene rings is 1. The van der Waals surface area contributed by atoms with Gasteiger partial charge in [-0.1, -0.05) is 35.3 Å². The molecule has 0 saturated carbocycles. The van der Waals surface area contributed by atoms with Crippen LogP contribution in [0.2, 0.25) is 10.0 Å². The van der Waals surface area contributed by atoms with Gasteiger partial charge in [-0.3, -0.25) is 4.79 Å². The van der Waals surface area contributed by atoms with Crippen LogP contribution in [0.3, 0.4) is 0 Å². The van der Waals surface area contributed by atoms with Crippen LogP contribution < -0.4 is 5.32 Å². The fourth-order valence-electron chi connectivity index (χ4n) is 1.43. The van der Waals surface area contributed by atoms with Crippen molar-refractivity contribution in [3.05, 3.63) is 46.2 Å². The van der Waals surface area contributed by atoms with E-state index in [0.717, 1.165) is 12.5 Å². The molecule has 6 nitrogen and oxygen atoms in total. The van der Waals surface area contributed by atoms with Gasteiger partial charge < -0.3 is 5.32 Å². The summed E-state index contributed by atoms with van der Waals surface area (Å²) < 4.78 is 22.8. The van der Waals surface area contributed by atoms with Gasteiger partial charge in [0.25, 0.3) is 5.91 Å². The average Bonchev–Trinajstić information content (AvgIpc) is 2.40. The number of nitrogens with zero attached hydrogens (tertiary/aromatic N) is 2. The number of nitrogens with one attached hydrogen (secondary N) is 1. The molecule has 1 amide bonds. The predicted molar refractivity (Wildman–Crippen MR) is 79.6 cm³/mol. The largest absolute Gasteiger partial charge is 0.319 e. The minimum absolute atomic E-state index is 0.0630. The molecule has 1 aromatic carbocycles. The van der Waals surface area contributed by atoms with Gasteiger partial charge in [-0.05, 0) is 12.1 Å². The number of amides is 1. The highest BCUT2D eigenvalue weighted by atomic mass is 35.5. The highest BCUT2D eigenvalue weighted by Gasteiger charge is 2.19. The van der Waals surface area contributed by atoms with Crippen molar-refractivity contribution in [3.63, 3.8) is 0 Å². The highest BCUT2D eigenvalue weighted by Crippen LogP contribution is 2.22. The third-order valence-electron chi connectivity index (χ3n) is 2.39. The maximum Gasteiger partial charge on any atom is 0.276 e. The number of hydrogen-bond donors (Lipinski definition) is 1. The van der Waals surface area contributed by atoms with Crippen molar-refractivity contribution in [1.82, 2.24) is 9.97 Å². The lowest BCUT2D eigenvalue weighted by Gasteiger charge is -2.08. The fourth-order valence-corrected chi connectivity index (χ4v) is 2.29. The third-order valence-corrected chi connectivity index (χ3v) is 3.86. The number of carbonyl (C=O) groups is 1. The van der Waals surface area contributed by atoms with Crippen LogP contribution >= 0.6 is 23.2 Å². The molecule has 0 radical (unpaired) electrons. The Morgan fingerprint density at radius 3 is 2.48 bits per heavy atom. The van der Waals surface area contributed by atoms with Crippen molar-refractivity contribution in [1.29, 1.82) is 0 Å². The van der Waals surface area contributed by atoms with Crippen molar-refractivity contribution in [2.24, 2.45) is 0 Å². The lowest BCUT2D eigenvalue weighted by atomic mass is 10.3. The molecular weight excluding hydrogens is 337 g/mol. The zero-order valence-corrected chi connectivity index (χ0v) is 13.0. The van der Waals surface area contributed by atoms with Crippen molar-refractivity contribution in [3.8, 4) is 0 Å². The van der Waals surface area contributed by atoms with Gasteiger partial charge in [-0.15, -0.1) is 0 Å². The second kappa shape index (κ2) is 5.97. The maximum absolute atomic E-state index is 12.1. The van der Waals surface area contributed by atoms with E-state index in [1.807, 2.05) is 0 Å². The zero-order chi connectivity index (χ0) is 15.6. The smallest absolute Gasteiger partial charge is 0.276 e. The van der Waals surface area contributed by atoms with Crippen LogP contribution in [0.15, 0.2) is 35.6 Å². The van der Waals surface area contributed by atoms with E-state index < -0.39 is 20.9 Å². The summed E-state index contributed by atoms with van der Waals surface area (Å²) >= 11 is 11.8. The summed E-state index contributed by atoms with van der Waals surface area (Å²) in [7, 11) is -3.64. The Hall–Kier alpha value is -1.70. The van der Waals surface area contributed by atoms with Gasteiger partial charge in [-0.2, -0.15) is 0 Å². The normalized spacial score (nSPS) is 11.2. The number of aromatic nitrogens is 2. The summed E-state index contributed by atoms with van der Waals surface area (Å²) in [5, 5.41) is 2.30. The molecule has 0 spiro atoms. The molecule has 2 rings (SSSR count). The molecule has 0 aliphatic carbocycles. The Morgan fingerprint density at radius 1 is 1.19 bits per heavy atom. The Balaban J connectivity index is 2.38. The first-order chi connectivity index (χ1) is 9.79. The molecule has 9 heteroatoms. The minimum Gasteiger partial charge on any atom is -0.319 e. The standard InChI is InChI=1S/C12H9Cl2N3O3S/c1-21(19,20)12-15-6-8(14)10(17-12)11(18)16-9-5-3-2-4-7(9)13/h2-6H,1H3,(H,16,18). The number of carbonyl (C=O) groups excluding carboxylic acids is 1. The van der Waals surface area contributed by atoms with Gasteiger partial charge in [0.2, 0.25) is 15.0 Å². The predicted octanol–water partition coefficient (Wildman–Crippen LogP) is 2.44. The highest BCUT2D eigenvalue weighted by molar-refractivity contribution is 7.90. The first kappa shape index (κ1) is 15.7. The number of anilines is 1. The molecule has 0 unspecified atom stereocenters. The molecule has 0 atom stereocenters. The third kappa shape index (κ3) is 3.69. The maximum atomic E-state index is 12.1. The Bertz CT molecular complexity index is 809. The molecule has 110 valence electrons. The van der Waals surface area contributed by atoms with Gasteiger partial charge >= 0.3 is 0 Å². The molecule has 0 bridgehead atoms. The van der Waals surface area contributed by atoms with Crippen LogP contribution in [0.4, 0.5) is 5.69 Å². The van der Waals surface area contributed by atoms with Crippen molar-refractivity contribution < 1.29 is 13.2 Å². The molecule has 0 aliphatic heterocycles. The van der Waals surface area contributed by atoms with Crippen molar-refractivity contribution in [2.75, 3.05) is 11.6 Å². The van der Waals surface area contributed by atoms with E-state index in [9.17, 15) is 13.2 Å². The number of para-hydroxylation sites is 1. The first-order valence-electron chi connectivity index (χ1n) is 5.57. The lowest BCUT2D eigenvalue weighted by Crippen LogP contribution is -2.17. The molecule has 21 heavy (non-hydrogen) atoms. The first-order valence-corrected chi connectivity index (χ1v) is 8.22. The monoisotopic (exact) mass is 345 g/mol. The van der Waals surface area contributed by atoms with Crippen LogP contribution in [-0.2, 0) is 9.84 Å². The molecule has 2 aromatic rings. The van der Waals surface area contributed by atoms with Crippen LogP contribution in [0.25, 0.3) is 0 Å². The van der Waals surface area contributed by atoms with Crippen LogP contribution in [-0.4, -0.2) is 30.5 Å². The summed E-state index contributed by atoms with van der Waals surface area (Å²) in [5.41, 5.74) is 0.117. The summed E-state index contributed by atoms with van der Waals surface area (Å²) in [5.74, 6) is -0.680. The van der Waals surface area contributed by atoms with Gasteiger partial charge in [0.1, 0.15) is 0 Å². The van der Waals surface area contributed by atoms with E-state index >= 15 is 0 Å². The Morgan fingerprint density at radius 2 is 1.86 bits per heavy atom. The van der Waals surface area contributed by atoms with E-state index in [1.165, 1.54) is 0 Å². The van der Waals surface area contributed by atoms with E-state index in [2.05, 4.69) is 15.3 Å². The van der Waals surface area contributed by atoms with E-state index in [0.29, 0.717) is 10.7 Å². The Labute approximate surface area is 131 Å². The molecule has 0 aliphatic rings. The summed E-state index contributed by atoms with van der Waals surface area (Å²) in [4.78, 5) is 19.4. The molecule has 0 saturated heterocycles. The quantitative estimate of drug-likeness (QED) is 0.863. The molecular formula is C12H9Cl2N3O3S. The second-order valence-corrected chi connectivity index (χ2v) is 6.78. The van der Waals surface area contributed by atoms with E-state index in [-0.39, 0.29) is 10.7 Å². The van der Waals surface area contributed by atoms with E-state index in [4.69, 9.17) is 23.2 Å². The molecule has 1 N–H and O–H groups in total. The second-order valence-electron chi connectivity index (χ2n) is 4.06. The SMILES string of the molecule is CS(=O)(=O)c1ncc(Cl)c(C(=O)Nc2ccccc2Cl)n1. The lowest BCUT2D eigenvalue weighted by molar-refractivity contribution is 0.102. The van der Waals surface area contributed by atoms with Crippen molar-refractivity contribution in [2.45, 2.75) is 5.16 Å². The summed E-state index contributed by atoms with van der Waals surface area (Å²) in [6, 6.07) is 6.58. The number of rotatable bonds is 3. The summed E-state index contributed by atoms with van der Waals surface area (Å²) in [6.07, 6.45) is 2.00. The number of sulfone groups is 1. The van der Waals surface area contributed by atoms with Crippen LogP contribution in [0, 0.1) is 0 Å². The Kier molecular flexibility index (Phi) is 4.46. The van der Waals surface area contributed by atoms with Gasteiger partial charge in [0.15, 0.2) is 5.69 Å². The van der Waals surface area contributed by atoms with Gasteiger partial charge in [0.05, 0.1) is 21.9 Å². The summed E-state index contributed by atoms with van der Waals surface area (Å²) in [6.45, 7) is 0. The molecule has 0 fully saturated rings. The van der Waals surface area contributed by atoms with Crippen molar-refractivity contribution >= 4 is 44.6 Å².